The van der Waals surface area contributed by atoms with Crippen LogP contribution < -0.4 is 0 Å². The summed E-state index contributed by atoms with van der Waals surface area (Å²) >= 11 is 0. The summed E-state index contributed by atoms with van der Waals surface area (Å²) in [6.45, 7) is 6.98. The van der Waals surface area contributed by atoms with Crippen LogP contribution in [0.2, 0.25) is 0 Å². The number of hydrogen-bond donors (Lipinski definition) is 1. The van der Waals surface area contributed by atoms with Crippen LogP contribution in [0.25, 0.3) is 0 Å². The Morgan fingerprint density at radius 2 is 2.00 bits per heavy atom. The van der Waals surface area contributed by atoms with Gasteiger partial charge in [0.15, 0.2) is 5.60 Å². The Balaban J connectivity index is 2.15. The Kier molecular flexibility index (Phi) is 7.00. The second-order valence-electron chi connectivity index (χ2n) is 6.26. The van der Waals surface area contributed by atoms with E-state index in [-0.39, 0.29) is 5.92 Å². The molecule has 4 heteroatoms. The van der Waals surface area contributed by atoms with E-state index in [9.17, 15) is 9.90 Å². The zero-order chi connectivity index (χ0) is 17.4. The average molecular weight is 331 g/mol. The molecule has 1 aromatic carbocycles. The molecular weight excluding hydrogens is 302 g/mol. The summed E-state index contributed by atoms with van der Waals surface area (Å²) in [7, 11) is 0. The van der Waals surface area contributed by atoms with Gasteiger partial charge in [-0.25, -0.2) is 4.79 Å². The lowest BCUT2D eigenvalue weighted by atomic mass is 9.76. The van der Waals surface area contributed by atoms with Crippen LogP contribution in [0.5, 0.6) is 0 Å². The molecule has 0 saturated carbocycles. The molecule has 0 radical (unpaired) electrons. The van der Waals surface area contributed by atoms with E-state index in [1.165, 1.54) is 0 Å². The van der Waals surface area contributed by atoms with Crippen molar-refractivity contribution in [1.29, 1.82) is 0 Å². The summed E-state index contributed by atoms with van der Waals surface area (Å²) in [4.78, 5) is 15.0. The quantitative estimate of drug-likeness (QED) is 0.587. The van der Waals surface area contributed by atoms with Gasteiger partial charge in [-0.05, 0) is 37.9 Å². The molecule has 0 saturated heterocycles. The molecule has 0 spiro atoms. The SMILES string of the molecule is CCN(CC)CCOC(=O)C(O)(c1ccccc1)C1C=CCCC1. The van der Waals surface area contributed by atoms with Gasteiger partial charge in [-0.1, -0.05) is 56.3 Å². The lowest BCUT2D eigenvalue weighted by molar-refractivity contribution is -0.172. The average Bonchev–Trinajstić information content (AvgIpc) is 2.65. The molecule has 2 atom stereocenters. The van der Waals surface area contributed by atoms with Crippen LogP contribution in [0, 0.1) is 5.92 Å². The van der Waals surface area contributed by atoms with E-state index in [1.54, 1.807) is 12.1 Å². The van der Waals surface area contributed by atoms with Gasteiger partial charge < -0.3 is 14.7 Å². The van der Waals surface area contributed by atoms with E-state index in [1.807, 2.05) is 30.4 Å². The number of aliphatic hydroxyl groups is 1. The molecule has 1 N–H and O–H groups in total. The molecule has 2 rings (SSSR count). The van der Waals surface area contributed by atoms with E-state index >= 15 is 0 Å². The van der Waals surface area contributed by atoms with E-state index in [2.05, 4.69) is 18.7 Å². The van der Waals surface area contributed by atoms with Gasteiger partial charge in [0.25, 0.3) is 0 Å². The Labute approximate surface area is 145 Å². The first kappa shape index (κ1) is 18.7. The number of allylic oxidation sites excluding steroid dienone is 1. The molecule has 0 fully saturated rings. The molecule has 0 heterocycles. The maximum Gasteiger partial charge on any atom is 0.343 e. The Morgan fingerprint density at radius 3 is 2.58 bits per heavy atom. The molecule has 1 aliphatic carbocycles. The van der Waals surface area contributed by atoms with Crippen molar-refractivity contribution in [3.63, 3.8) is 0 Å². The van der Waals surface area contributed by atoms with Crippen molar-refractivity contribution < 1.29 is 14.6 Å². The molecule has 0 bridgehead atoms. The van der Waals surface area contributed by atoms with Crippen molar-refractivity contribution in [2.45, 2.75) is 38.7 Å². The highest BCUT2D eigenvalue weighted by Crippen LogP contribution is 2.37. The fourth-order valence-electron chi connectivity index (χ4n) is 3.25. The standard InChI is InChI=1S/C20H29NO3/c1-3-21(4-2)15-16-24-19(22)20(23,17-11-7-5-8-12-17)18-13-9-6-10-14-18/h5,7-9,11-13,18,23H,3-4,6,10,14-16H2,1-2H3. The summed E-state index contributed by atoms with van der Waals surface area (Å²) in [6, 6.07) is 9.17. The van der Waals surface area contributed by atoms with Gasteiger partial charge in [0, 0.05) is 12.5 Å². The maximum absolute atomic E-state index is 12.8. The number of likely N-dealkylation sites (N-methyl/N-ethyl adjacent to an activating group) is 1. The predicted molar refractivity (Wildman–Crippen MR) is 95.6 cm³/mol. The molecule has 0 amide bonds. The van der Waals surface area contributed by atoms with Crippen molar-refractivity contribution in [3.05, 3.63) is 48.0 Å². The van der Waals surface area contributed by atoms with E-state index in [4.69, 9.17) is 4.74 Å². The first-order chi connectivity index (χ1) is 11.6. The van der Waals surface area contributed by atoms with Gasteiger partial charge in [-0.2, -0.15) is 0 Å². The monoisotopic (exact) mass is 331 g/mol. The smallest absolute Gasteiger partial charge is 0.343 e. The van der Waals surface area contributed by atoms with Crippen molar-refractivity contribution in [3.8, 4) is 0 Å². The van der Waals surface area contributed by atoms with E-state index < -0.39 is 11.6 Å². The fraction of sp³-hybridized carbons (Fsp3) is 0.550. The highest BCUT2D eigenvalue weighted by molar-refractivity contribution is 5.82. The Bertz CT molecular complexity index is 539. The first-order valence-electron chi connectivity index (χ1n) is 8.97. The van der Waals surface area contributed by atoms with Gasteiger partial charge in [0.05, 0.1) is 0 Å². The normalized spacial score (nSPS) is 19.9. The van der Waals surface area contributed by atoms with Gasteiger partial charge in [0.1, 0.15) is 6.61 Å². The second kappa shape index (κ2) is 9.00. The highest BCUT2D eigenvalue weighted by Gasteiger charge is 2.46. The summed E-state index contributed by atoms with van der Waals surface area (Å²) in [5, 5.41) is 11.3. The van der Waals surface area contributed by atoms with Crippen molar-refractivity contribution in [2.24, 2.45) is 5.92 Å². The number of nitrogens with zero attached hydrogens (tertiary/aromatic N) is 1. The molecule has 1 aliphatic rings. The van der Waals surface area contributed by atoms with Crippen LogP contribution in [-0.4, -0.2) is 42.2 Å². The van der Waals surface area contributed by atoms with E-state index in [0.29, 0.717) is 18.7 Å². The number of carbonyl (C=O) groups is 1. The Morgan fingerprint density at radius 1 is 1.29 bits per heavy atom. The number of hydrogen-bond acceptors (Lipinski definition) is 4. The molecule has 0 aliphatic heterocycles. The number of ether oxygens (including phenoxy) is 1. The van der Waals surface area contributed by atoms with Crippen LogP contribution in [0.15, 0.2) is 42.5 Å². The first-order valence-corrected chi connectivity index (χ1v) is 8.97. The third kappa shape index (κ3) is 4.25. The van der Waals surface area contributed by atoms with Gasteiger partial charge in [-0.3, -0.25) is 0 Å². The molecular formula is C20H29NO3. The van der Waals surface area contributed by atoms with Crippen molar-refractivity contribution >= 4 is 5.97 Å². The zero-order valence-electron chi connectivity index (χ0n) is 14.8. The summed E-state index contributed by atoms with van der Waals surface area (Å²) in [5.74, 6) is -0.785. The number of rotatable bonds is 8. The zero-order valence-corrected chi connectivity index (χ0v) is 14.8. The van der Waals surface area contributed by atoms with Crippen LogP contribution in [0.1, 0.15) is 38.7 Å². The van der Waals surface area contributed by atoms with Gasteiger partial charge in [-0.15, -0.1) is 0 Å². The lowest BCUT2D eigenvalue weighted by Gasteiger charge is -2.34. The topological polar surface area (TPSA) is 49.8 Å². The minimum absolute atomic E-state index is 0.241. The van der Waals surface area contributed by atoms with Crippen LogP contribution in [0.3, 0.4) is 0 Å². The highest BCUT2D eigenvalue weighted by atomic mass is 16.5. The maximum atomic E-state index is 12.8. The predicted octanol–water partition coefficient (Wildman–Crippen LogP) is 3.12. The summed E-state index contributed by atoms with van der Waals surface area (Å²) in [6.07, 6.45) is 6.77. The number of benzene rings is 1. The summed E-state index contributed by atoms with van der Waals surface area (Å²) in [5.41, 5.74) is -1.00. The van der Waals surface area contributed by atoms with Crippen LogP contribution in [-0.2, 0) is 15.1 Å². The number of esters is 1. The van der Waals surface area contributed by atoms with Crippen LogP contribution >= 0.6 is 0 Å². The van der Waals surface area contributed by atoms with Crippen molar-refractivity contribution in [2.75, 3.05) is 26.2 Å². The van der Waals surface area contributed by atoms with Crippen molar-refractivity contribution in [1.82, 2.24) is 4.90 Å². The fourth-order valence-corrected chi connectivity index (χ4v) is 3.25. The molecule has 24 heavy (non-hydrogen) atoms. The molecule has 2 unspecified atom stereocenters. The van der Waals surface area contributed by atoms with Gasteiger partial charge in [0.2, 0.25) is 0 Å². The van der Waals surface area contributed by atoms with E-state index in [0.717, 1.165) is 32.4 Å². The lowest BCUT2D eigenvalue weighted by Crippen LogP contribution is -2.45. The molecule has 4 nitrogen and oxygen atoms in total. The molecule has 0 aromatic heterocycles. The summed E-state index contributed by atoms with van der Waals surface area (Å²) < 4.78 is 5.48. The largest absolute Gasteiger partial charge is 0.462 e. The van der Waals surface area contributed by atoms with Gasteiger partial charge >= 0.3 is 5.97 Å². The minimum Gasteiger partial charge on any atom is -0.462 e. The molecule has 1 aromatic rings. The Hall–Kier alpha value is -1.65. The third-order valence-electron chi connectivity index (χ3n) is 4.85. The second-order valence-corrected chi connectivity index (χ2v) is 6.26. The third-order valence-corrected chi connectivity index (χ3v) is 4.85. The number of carbonyl (C=O) groups excluding carboxylic acids is 1. The minimum atomic E-state index is -1.61. The van der Waals surface area contributed by atoms with Crippen LogP contribution in [0.4, 0.5) is 0 Å². The molecule has 132 valence electrons.